The highest BCUT2D eigenvalue weighted by Crippen LogP contribution is 2.22. The average Bonchev–Trinajstić information content (AvgIpc) is 3.08. The molecule has 1 amide bonds. The van der Waals surface area contributed by atoms with Gasteiger partial charge in [-0.1, -0.05) is 26.3 Å². The van der Waals surface area contributed by atoms with Crippen LogP contribution in [0.1, 0.15) is 43.5 Å². The Labute approximate surface area is 160 Å². The fourth-order valence-electron chi connectivity index (χ4n) is 3.17. The van der Waals surface area contributed by atoms with E-state index in [9.17, 15) is 13.2 Å². The van der Waals surface area contributed by atoms with Crippen molar-refractivity contribution in [1.82, 2.24) is 14.1 Å². The predicted octanol–water partition coefficient (Wildman–Crippen LogP) is 2.97. The minimum Gasteiger partial charge on any atom is -0.307 e. The van der Waals surface area contributed by atoms with Gasteiger partial charge in [-0.2, -0.15) is 9.40 Å². The molecule has 0 aliphatic carbocycles. The Bertz CT molecular complexity index is 899. The van der Waals surface area contributed by atoms with Crippen LogP contribution in [0.2, 0.25) is 0 Å². The van der Waals surface area contributed by atoms with Gasteiger partial charge in [0.25, 0.3) is 5.91 Å². The molecule has 0 unspecified atom stereocenters. The Hall–Kier alpha value is -2.19. The minimum absolute atomic E-state index is 0.160. The molecule has 27 heavy (non-hydrogen) atoms. The Kier molecular flexibility index (Phi) is 5.96. The topological polar surface area (TPSA) is 84.3 Å². The van der Waals surface area contributed by atoms with Crippen LogP contribution in [-0.4, -0.2) is 41.5 Å². The van der Waals surface area contributed by atoms with E-state index in [4.69, 9.17) is 0 Å². The first-order chi connectivity index (χ1) is 12.9. The lowest BCUT2D eigenvalue weighted by molar-refractivity contribution is 0.102. The molecule has 146 valence electrons. The predicted molar refractivity (Wildman–Crippen MR) is 104 cm³/mol. The average molecular weight is 391 g/mol. The lowest BCUT2D eigenvalue weighted by atomic mass is 10.2. The van der Waals surface area contributed by atoms with Crippen molar-refractivity contribution >= 4 is 21.7 Å². The molecule has 8 heteroatoms. The van der Waals surface area contributed by atoms with E-state index in [2.05, 4.69) is 24.3 Å². The zero-order valence-corrected chi connectivity index (χ0v) is 16.6. The van der Waals surface area contributed by atoms with Gasteiger partial charge in [-0.15, -0.1) is 0 Å². The molecule has 0 radical (unpaired) electrons. The third-order valence-electron chi connectivity index (χ3n) is 4.55. The van der Waals surface area contributed by atoms with Gasteiger partial charge in [0.15, 0.2) is 0 Å². The number of benzene rings is 1. The number of rotatable bonds is 6. The van der Waals surface area contributed by atoms with Crippen LogP contribution in [0.15, 0.2) is 41.4 Å². The quantitative estimate of drug-likeness (QED) is 0.822. The van der Waals surface area contributed by atoms with E-state index in [1.54, 1.807) is 35.1 Å². The van der Waals surface area contributed by atoms with E-state index in [1.807, 2.05) is 0 Å². The first-order valence-electron chi connectivity index (χ1n) is 9.31. The van der Waals surface area contributed by atoms with Crippen molar-refractivity contribution in [3.63, 3.8) is 0 Å². The highest BCUT2D eigenvalue weighted by Gasteiger charge is 2.26. The molecular weight excluding hydrogens is 364 g/mol. The first-order valence-corrected chi connectivity index (χ1v) is 10.8. The molecule has 2 aromatic rings. The van der Waals surface area contributed by atoms with Gasteiger partial charge >= 0.3 is 0 Å². The van der Waals surface area contributed by atoms with Crippen molar-refractivity contribution in [2.24, 2.45) is 5.92 Å². The summed E-state index contributed by atoms with van der Waals surface area (Å²) in [6.07, 6.45) is 4.44. The standard InChI is InChI=1S/C19H26N4O3S/c1-15(2)14-23-18(9-10-20-23)21-19(24)16-7-6-8-17(13-16)27(25,26)22-11-4-3-5-12-22/h6-10,13,15H,3-5,11-12,14H2,1-2H3,(H,21,24). The monoisotopic (exact) mass is 390 g/mol. The van der Waals surface area contributed by atoms with Crippen LogP contribution in [0, 0.1) is 5.92 Å². The molecule has 1 fully saturated rings. The van der Waals surface area contributed by atoms with E-state index < -0.39 is 10.0 Å². The van der Waals surface area contributed by atoms with Gasteiger partial charge in [0.05, 0.1) is 11.1 Å². The number of hydrogen-bond donors (Lipinski definition) is 1. The molecule has 2 heterocycles. The molecule has 0 saturated carbocycles. The summed E-state index contributed by atoms with van der Waals surface area (Å²) >= 11 is 0. The lowest BCUT2D eigenvalue weighted by Crippen LogP contribution is -2.35. The highest BCUT2D eigenvalue weighted by molar-refractivity contribution is 7.89. The van der Waals surface area contributed by atoms with Crippen LogP contribution in [0.3, 0.4) is 0 Å². The molecule has 1 aliphatic heterocycles. The number of piperidine rings is 1. The largest absolute Gasteiger partial charge is 0.307 e. The van der Waals surface area contributed by atoms with Gasteiger partial charge in [0.2, 0.25) is 10.0 Å². The number of sulfonamides is 1. The van der Waals surface area contributed by atoms with Crippen molar-refractivity contribution < 1.29 is 13.2 Å². The van der Waals surface area contributed by atoms with Gasteiger partial charge in [-0.25, -0.2) is 13.1 Å². The molecule has 1 aromatic carbocycles. The second-order valence-corrected chi connectivity index (χ2v) is 9.18. The van der Waals surface area contributed by atoms with E-state index in [0.717, 1.165) is 19.3 Å². The molecule has 3 rings (SSSR count). The lowest BCUT2D eigenvalue weighted by Gasteiger charge is -2.26. The van der Waals surface area contributed by atoms with Crippen LogP contribution in [-0.2, 0) is 16.6 Å². The maximum absolute atomic E-state index is 12.8. The van der Waals surface area contributed by atoms with Crippen molar-refractivity contribution in [3.05, 3.63) is 42.1 Å². The van der Waals surface area contributed by atoms with Crippen molar-refractivity contribution in [2.75, 3.05) is 18.4 Å². The SMILES string of the molecule is CC(C)Cn1nccc1NC(=O)c1cccc(S(=O)(=O)N2CCCCC2)c1. The molecule has 0 atom stereocenters. The zero-order valence-electron chi connectivity index (χ0n) is 15.8. The fraction of sp³-hybridized carbons (Fsp3) is 0.474. The molecule has 1 saturated heterocycles. The minimum atomic E-state index is -3.57. The zero-order chi connectivity index (χ0) is 19.4. The third kappa shape index (κ3) is 4.56. The van der Waals surface area contributed by atoms with Crippen molar-refractivity contribution in [2.45, 2.75) is 44.6 Å². The summed E-state index contributed by atoms with van der Waals surface area (Å²) in [6.45, 7) is 5.90. The maximum Gasteiger partial charge on any atom is 0.256 e. The van der Waals surface area contributed by atoms with Gasteiger partial charge < -0.3 is 5.32 Å². The Morgan fingerprint density at radius 2 is 1.93 bits per heavy atom. The second kappa shape index (κ2) is 8.22. The molecule has 1 aromatic heterocycles. The normalized spacial score (nSPS) is 15.8. The Balaban J connectivity index is 1.79. The van der Waals surface area contributed by atoms with Gasteiger partial charge in [0, 0.05) is 31.3 Å². The smallest absolute Gasteiger partial charge is 0.256 e. The third-order valence-corrected chi connectivity index (χ3v) is 6.44. The number of amides is 1. The van der Waals surface area contributed by atoms with E-state index >= 15 is 0 Å². The summed E-state index contributed by atoms with van der Waals surface area (Å²) < 4.78 is 28.9. The van der Waals surface area contributed by atoms with Gasteiger partial charge in [0.1, 0.15) is 5.82 Å². The summed E-state index contributed by atoms with van der Waals surface area (Å²) in [4.78, 5) is 12.8. The summed E-state index contributed by atoms with van der Waals surface area (Å²) in [5, 5.41) is 7.04. The van der Waals surface area contributed by atoms with Gasteiger partial charge in [-0.3, -0.25) is 4.79 Å². The molecule has 1 aliphatic rings. The molecule has 7 nitrogen and oxygen atoms in total. The number of aromatic nitrogens is 2. The van der Waals surface area contributed by atoms with Crippen LogP contribution in [0.25, 0.3) is 0 Å². The first kappa shape index (κ1) is 19.6. The number of hydrogen-bond acceptors (Lipinski definition) is 4. The summed E-state index contributed by atoms with van der Waals surface area (Å²) in [5.41, 5.74) is 0.311. The maximum atomic E-state index is 12.8. The summed E-state index contributed by atoms with van der Waals surface area (Å²) in [5.74, 6) is 0.632. The fourth-order valence-corrected chi connectivity index (χ4v) is 4.73. The van der Waals surface area contributed by atoms with Gasteiger partial charge in [-0.05, 0) is 37.0 Å². The van der Waals surface area contributed by atoms with Crippen molar-refractivity contribution in [3.8, 4) is 0 Å². The molecule has 0 bridgehead atoms. The van der Waals surface area contributed by atoms with E-state index in [1.165, 1.54) is 10.4 Å². The second-order valence-electron chi connectivity index (χ2n) is 7.24. The number of nitrogens with zero attached hydrogens (tertiary/aromatic N) is 3. The van der Waals surface area contributed by atoms with Crippen LogP contribution in [0.4, 0.5) is 5.82 Å². The number of nitrogens with one attached hydrogen (secondary N) is 1. The van der Waals surface area contributed by atoms with E-state index in [0.29, 0.717) is 36.9 Å². The molecule has 1 N–H and O–H groups in total. The van der Waals surface area contributed by atoms with Crippen molar-refractivity contribution in [1.29, 1.82) is 0 Å². The Morgan fingerprint density at radius 3 is 2.63 bits per heavy atom. The van der Waals surface area contributed by atoms with Crippen LogP contribution >= 0.6 is 0 Å². The van der Waals surface area contributed by atoms with Crippen LogP contribution in [0.5, 0.6) is 0 Å². The number of anilines is 1. The highest BCUT2D eigenvalue weighted by atomic mass is 32.2. The number of carbonyl (C=O) groups is 1. The number of carbonyl (C=O) groups excluding carboxylic acids is 1. The van der Waals surface area contributed by atoms with Crippen LogP contribution < -0.4 is 5.32 Å². The molecular formula is C19H26N4O3S. The Morgan fingerprint density at radius 1 is 1.19 bits per heavy atom. The summed E-state index contributed by atoms with van der Waals surface area (Å²) in [6, 6.07) is 7.95. The summed E-state index contributed by atoms with van der Waals surface area (Å²) in [7, 11) is -3.57. The van der Waals surface area contributed by atoms with E-state index in [-0.39, 0.29) is 10.8 Å². The molecule has 0 spiro atoms.